The Bertz CT molecular complexity index is 375. The summed E-state index contributed by atoms with van der Waals surface area (Å²) in [6.45, 7) is 6.54. The predicted molar refractivity (Wildman–Crippen MR) is 75.5 cm³/mol. The standard InChI is InChI=1S/C14H23N3O/c1-4-16(3)14(18)11-17(5-2)13-8-6-12(10-15)7-9-13/h6-9H,4-5,10-11,15H2,1-3H3. The fourth-order valence-corrected chi connectivity index (χ4v) is 1.69. The highest BCUT2D eigenvalue weighted by Crippen LogP contribution is 2.15. The molecule has 0 unspecified atom stereocenters. The molecule has 0 saturated heterocycles. The van der Waals surface area contributed by atoms with E-state index in [4.69, 9.17) is 5.73 Å². The number of nitrogens with two attached hydrogens (primary N) is 1. The molecule has 0 spiro atoms. The largest absolute Gasteiger partial charge is 0.362 e. The van der Waals surface area contributed by atoms with Gasteiger partial charge in [-0.05, 0) is 31.5 Å². The van der Waals surface area contributed by atoms with Crippen molar-refractivity contribution < 1.29 is 4.79 Å². The average molecular weight is 249 g/mol. The monoisotopic (exact) mass is 249 g/mol. The molecule has 0 fully saturated rings. The highest BCUT2D eigenvalue weighted by Gasteiger charge is 2.12. The minimum atomic E-state index is 0.141. The van der Waals surface area contributed by atoms with E-state index in [1.807, 2.05) is 38.2 Å². The summed E-state index contributed by atoms with van der Waals surface area (Å²) >= 11 is 0. The van der Waals surface area contributed by atoms with Crippen molar-refractivity contribution in [3.05, 3.63) is 29.8 Å². The first-order valence-corrected chi connectivity index (χ1v) is 6.40. The molecule has 4 nitrogen and oxygen atoms in total. The van der Waals surface area contributed by atoms with E-state index in [0.717, 1.165) is 24.3 Å². The molecule has 0 atom stereocenters. The van der Waals surface area contributed by atoms with Gasteiger partial charge in [0.05, 0.1) is 6.54 Å². The predicted octanol–water partition coefficient (Wildman–Crippen LogP) is 1.45. The zero-order valence-corrected chi connectivity index (χ0v) is 11.5. The normalized spacial score (nSPS) is 10.2. The zero-order chi connectivity index (χ0) is 13.5. The van der Waals surface area contributed by atoms with Crippen molar-refractivity contribution in [1.82, 2.24) is 4.90 Å². The van der Waals surface area contributed by atoms with Crippen LogP contribution in [0.15, 0.2) is 24.3 Å². The highest BCUT2D eigenvalue weighted by molar-refractivity contribution is 5.81. The third kappa shape index (κ3) is 3.74. The molecular weight excluding hydrogens is 226 g/mol. The molecule has 0 bridgehead atoms. The molecule has 0 radical (unpaired) electrons. The maximum Gasteiger partial charge on any atom is 0.241 e. The van der Waals surface area contributed by atoms with Gasteiger partial charge in [-0.3, -0.25) is 4.79 Å². The lowest BCUT2D eigenvalue weighted by Gasteiger charge is -2.25. The number of rotatable bonds is 6. The summed E-state index contributed by atoms with van der Waals surface area (Å²) in [7, 11) is 1.83. The van der Waals surface area contributed by atoms with E-state index in [0.29, 0.717) is 13.1 Å². The fraction of sp³-hybridized carbons (Fsp3) is 0.500. The average Bonchev–Trinajstić information content (AvgIpc) is 2.43. The van der Waals surface area contributed by atoms with Crippen molar-refractivity contribution >= 4 is 11.6 Å². The Hall–Kier alpha value is -1.55. The van der Waals surface area contributed by atoms with Crippen molar-refractivity contribution in [3.63, 3.8) is 0 Å². The van der Waals surface area contributed by atoms with Crippen molar-refractivity contribution in [3.8, 4) is 0 Å². The number of likely N-dealkylation sites (N-methyl/N-ethyl adjacent to an activating group) is 2. The quantitative estimate of drug-likeness (QED) is 0.830. The van der Waals surface area contributed by atoms with Crippen LogP contribution < -0.4 is 10.6 Å². The van der Waals surface area contributed by atoms with E-state index in [1.54, 1.807) is 4.90 Å². The molecular formula is C14H23N3O. The van der Waals surface area contributed by atoms with Gasteiger partial charge in [0, 0.05) is 32.4 Å². The van der Waals surface area contributed by atoms with E-state index < -0.39 is 0 Å². The molecule has 18 heavy (non-hydrogen) atoms. The van der Waals surface area contributed by atoms with Crippen molar-refractivity contribution in [2.24, 2.45) is 5.73 Å². The van der Waals surface area contributed by atoms with Crippen LogP contribution in [0.3, 0.4) is 0 Å². The van der Waals surface area contributed by atoms with Crippen LogP contribution in [0.1, 0.15) is 19.4 Å². The van der Waals surface area contributed by atoms with Crippen molar-refractivity contribution in [1.29, 1.82) is 0 Å². The summed E-state index contributed by atoms with van der Waals surface area (Å²) in [6.07, 6.45) is 0. The summed E-state index contributed by atoms with van der Waals surface area (Å²) in [5, 5.41) is 0. The van der Waals surface area contributed by atoms with E-state index in [9.17, 15) is 4.79 Å². The van der Waals surface area contributed by atoms with Gasteiger partial charge in [0.15, 0.2) is 0 Å². The lowest BCUT2D eigenvalue weighted by atomic mass is 10.2. The Morgan fingerprint density at radius 3 is 2.22 bits per heavy atom. The maximum atomic E-state index is 11.9. The summed E-state index contributed by atoms with van der Waals surface area (Å²) in [5.41, 5.74) is 7.74. The number of anilines is 1. The molecule has 0 aliphatic rings. The van der Waals surface area contributed by atoms with E-state index >= 15 is 0 Å². The van der Waals surface area contributed by atoms with Crippen molar-refractivity contribution in [2.75, 3.05) is 31.6 Å². The highest BCUT2D eigenvalue weighted by atomic mass is 16.2. The molecule has 1 aromatic rings. The lowest BCUT2D eigenvalue weighted by Crippen LogP contribution is -2.38. The Labute approximate surface area is 109 Å². The fourth-order valence-electron chi connectivity index (χ4n) is 1.69. The van der Waals surface area contributed by atoms with Gasteiger partial charge >= 0.3 is 0 Å². The zero-order valence-electron chi connectivity index (χ0n) is 11.5. The number of carbonyl (C=O) groups is 1. The molecule has 1 aromatic carbocycles. The first-order valence-electron chi connectivity index (χ1n) is 6.40. The van der Waals surface area contributed by atoms with E-state index in [-0.39, 0.29) is 5.91 Å². The van der Waals surface area contributed by atoms with Crippen LogP contribution in [0.4, 0.5) is 5.69 Å². The Kier molecular flexibility index (Phi) is 5.65. The van der Waals surface area contributed by atoms with Gasteiger partial charge in [-0.25, -0.2) is 0 Å². The van der Waals surface area contributed by atoms with Gasteiger partial charge in [-0.2, -0.15) is 0 Å². The minimum absolute atomic E-state index is 0.141. The van der Waals surface area contributed by atoms with Crippen molar-refractivity contribution in [2.45, 2.75) is 20.4 Å². The molecule has 0 heterocycles. The number of benzene rings is 1. The van der Waals surface area contributed by atoms with Gasteiger partial charge in [0.2, 0.25) is 5.91 Å². The Morgan fingerprint density at radius 2 is 1.78 bits per heavy atom. The van der Waals surface area contributed by atoms with Crippen LogP contribution >= 0.6 is 0 Å². The lowest BCUT2D eigenvalue weighted by molar-refractivity contribution is -0.128. The first kappa shape index (κ1) is 14.5. The number of hydrogen-bond acceptors (Lipinski definition) is 3. The second-order valence-electron chi connectivity index (χ2n) is 4.29. The van der Waals surface area contributed by atoms with E-state index in [1.165, 1.54) is 0 Å². The molecule has 1 amide bonds. The van der Waals surface area contributed by atoms with Crippen LogP contribution in [-0.4, -0.2) is 37.5 Å². The van der Waals surface area contributed by atoms with Crippen LogP contribution in [-0.2, 0) is 11.3 Å². The number of amides is 1. The number of hydrogen-bond donors (Lipinski definition) is 1. The maximum absolute atomic E-state index is 11.9. The summed E-state index contributed by atoms with van der Waals surface area (Å²) in [5.74, 6) is 0.141. The smallest absolute Gasteiger partial charge is 0.241 e. The molecule has 1 rings (SSSR count). The number of carbonyl (C=O) groups excluding carboxylic acids is 1. The molecule has 2 N–H and O–H groups in total. The molecule has 4 heteroatoms. The summed E-state index contributed by atoms with van der Waals surface area (Å²) < 4.78 is 0. The van der Waals surface area contributed by atoms with Crippen LogP contribution in [0, 0.1) is 0 Å². The summed E-state index contributed by atoms with van der Waals surface area (Å²) in [4.78, 5) is 15.7. The SMILES string of the molecule is CCN(C)C(=O)CN(CC)c1ccc(CN)cc1. The number of nitrogens with zero attached hydrogens (tertiary/aromatic N) is 2. The van der Waals surface area contributed by atoms with Gasteiger partial charge < -0.3 is 15.5 Å². The van der Waals surface area contributed by atoms with Gasteiger partial charge in [0.25, 0.3) is 0 Å². The molecule has 0 saturated carbocycles. The van der Waals surface area contributed by atoms with Gasteiger partial charge in [-0.15, -0.1) is 0 Å². The van der Waals surface area contributed by atoms with Crippen LogP contribution in [0.2, 0.25) is 0 Å². The van der Waals surface area contributed by atoms with Gasteiger partial charge in [0.1, 0.15) is 0 Å². The van der Waals surface area contributed by atoms with Gasteiger partial charge in [-0.1, -0.05) is 12.1 Å². The minimum Gasteiger partial charge on any atom is -0.362 e. The molecule has 100 valence electrons. The topological polar surface area (TPSA) is 49.6 Å². The van der Waals surface area contributed by atoms with Crippen LogP contribution in [0.25, 0.3) is 0 Å². The molecule has 0 aliphatic heterocycles. The summed E-state index contributed by atoms with van der Waals surface area (Å²) in [6, 6.07) is 8.05. The Balaban J connectivity index is 2.73. The van der Waals surface area contributed by atoms with E-state index in [2.05, 4.69) is 11.8 Å². The molecule has 0 aromatic heterocycles. The second-order valence-corrected chi connectivity index (χ2v) is 4.29. The Morgan fingerprint density at radius 1 is 1.17 bits per heavy atom. The first-order chi connectivity index (χ1) is 8.62. The third-order valence-corrected chi connectivity index (χ3v) is 3.15. The third-order valence-electron chi connectivity index (χ3n) is 3.15. The second kappa shape index (κ2) is 7.01. The molecule has 0 aliphatic carbocycles. The van der Waals surface area contributed by atoms with Crippen LogP contribution in [0.5, 0.6) is 0 Å².